The van der Waals surface area contributed by atoms with Crippen molar-refractivity contribution in [2.75, 3.05) is 7.11 Å². The zero-order valence-electron chi connectivity index (χ0n) is 10.0. The lowest BCUT2D eigenvalue weighted by Gasteiger charge is -2.05. The van der Waals surface area contributed by atoms with Gasteiger partial charge in [-0.15, -0.1) is 0 Å². The lowest BCUT2D eigenvalue weighted by molar-refractivity contribution is -0.597. The molecule has 5 heteroatoms. The summed E-state index contributed by atoms with van der Waals surface area (Å²) in [4.78, 5) is 23.0. The Kier molecular flexibility index (Phi) is 2.71. The summed E-state index contributed by atoms with van der Waals surface area (Å²) < 4.78 is 7.43. The summed E-state index contributed by atoms with van der Waals surface area (Å²) in [5, 5.41) is 2.00. The van der Waals surface area contributed by atoms with E-state index in [1.807, 2.05) is 24.3 Å². The topological polar surface area (TPSA) is 47.2 Å². The Labute approximate surface area is 116 Å². The van der Waals surface area contributed by atoms with Gasteiger partial charge in [-0.1, -0.05) is 18.2 Å². The fourth-order valence-electron chi connectivity index (χ4n) is 2.12. The second-order valence-corrected chi connectivity index (χ2v) is 5.00. The van der Waals surface area contributed by atoms with Crippen molar-refractivity contribution in [3.05, 3.63) is 61.6 Å². The summed E-state index contributed by atoms with van der Waals surface area (Å²) in [6, 6.07) is 7.77. The van der Waals surface area contributed by atoms with E-state index >= 15 is 0 Å². The van der Waals surface area contributed by atoms with E-state index in [4.69, 9.17) is 4.74 Å². The number of ether oxygens (including phenoxy) is 1. The number of pyridine rings is 1. The highest BCUT2D eigenvalue weighted by Crippen LogP contribution is 2.22. The molecule has 0 fully saturated rings. The fraction of sp³-hybridized carbons (Fsp3) is 0.0714. The molecule has 0 radical (unpaired) electrons. The molecule has 0 atom stereocenters. The Bertz CT molecular complexity index is 863. The maximum Gasteiger partial charge on any atom is 0.309 e. The molecule has 0 aliphatic carbocycles. The maximum atomic E-state index is 11.7. The largest absolute Gasteiger partial charge is 0.487 e. The van der Waals surface area contributed by atoms with Gasteiger partial charge in [0.2, 0.25) is 5.75 Å². The predicted octanol–water partition coefficient (Wildman–Crippen LogP) is 1.48. The predicted molar refractivity (Wildman–Crippen MR) is 74.6 cm³/mol. The van der Waals surface area contributed by atoms with Crippen LogP contribution in [0, 0.1) is 0 Å². The van der Waals surface area contributed by atoms with Crippen LogP contribution in [0.1, 0.15) is 0 Å². The maximum absolute atomic E-state index is 11.7. The average molecular weight is 319 g/mol. The van der Waals surface area contributed by atoms with Crippen LogP contribution in [0.2, 0.25) is 0 Å². The molecule has 0 spiro atoms. The third-order valence-corrected chi connectivity index (χ3v) is 3.69. The summed E-state index contributed by atoms with van der Waals surface area (Å²) in [5.74, 6) is 0.109. The smallest absolute Gasteiger partial charge is 0.309 e. The van der Waals surface area contributed by atoms with E-state index in [0.29, 0.717) is 0 Å². The molecule has 0 saturated heterocycles. The van der Waals surface area contributed by atoms with E-state index in [0.717, 1.165) is 15.2 Å². The number of fused-ring (bicyclic) bond motifs is 1. The van der Waals surface area contributed by atoms with Crippen molar-refractivity contribution in [3.8, 4) is 11.4 Å². The lowest BCUT2D eigenvalue weighted by Crippen LogP contribution is -2.48. The number of rotatable bonds is 2. The normalized spacial score (nSPS) is 11.1. The van der Waals surface area contributed by atoms with Crippen LogP contribution in [0.5, 0.6) is 5.75 Å². The first-order valence-electron chi connectivity index (χ1n) is 5.60. The third kappa shape index (κ3) is 1.69. The Morgan fingerprint density at radius 3 is 2.58 bits per heavy atom. The van der Waals surface area contributed by atoms with Gasteiger partial charge in [0.1, 0.15) is 0 Å². The molecule has 0 amide bonds. The molecule has 0 saturated carbocycles. The van der Waals surface area contributed by atoms with E-state index in [1.54, 1.807) is 17.0 Å². The van der Waals surface area contributed by atoms with Gasteiger partial charge in [0, 0.05) is 10.8 Å². The number of hydrogen-bond donors (Lipinski definition) is 0. The highest BCUT2D eigenvalue weighted by Gasteiger charge is 2.31. The molecule has 0 aliphatic rings. The minimum atomic E-state index is -0.575. The summed E-state index contributed by atoms with van der Waals surface area (Å²) in [7, 11) is 1.39. The van der Waals surface area contributed by atoms with Gasteiger partial charge in [0.05, 0.1) is 11.6 Å². The minimum absolute atomic E-state index is 0.109. The Balaban J connectivity index is 2.30. The SMILES string of the molecule is COc1c(-[n+]2cc(Br)c3ccccc3c2)c(=O)c1=O. The average Bonchev–Trinajstić information content (AvgIpc) is 2.43. The summed E-state index contributed by atoms with van der Waals surface area (Å²) >= 11 is 3.47. The molecule has 1 heterocycles. The molecule has 3 rings (SSSR count). The van der Waals surface area contributed by atoms with E-state index in [1.165, 1.54) is 7.11 Å². The number of methoxy groups -OCH3 is 1. The van der Waals surface area contributed by atoms with Crippen LogP contribution >= 0.6 is 15.9 Å². The highest BCUT2D eigenvalue weighted by atomic mass is 79.9. The van der Waals surface area contributed by atoms with Crippen molar-refractivity contribution in [1.82, 2.24) is 0 Å². The Hall–Kier alpha value is -2.01. The van der Waals surface area contributed by atoms with Crippen LogP contribution in [-0.4, -0.2) is 7.11 Å². The molecule has 0 N–H and O–H groups in total. The monoisotopic (exact) mass is 318 g/mol. The molecule has 19 heavy (non-hydrogen) atoms. The van der Waals surface area contributed by atoms with Gasteiger partial charge in [-0.05, 0) is 22.0 Å². The van der Waals surface area contributed by atoms with Crippen LogP contribution < -0.4 is 20.2 Å². The number of halogens is 1. The first-order chi connectivity index (χ1) is 9.13. The van der Waals surface area contributed by atoms with Crippen molar-refractivity contribution in [2.45, 2.75) is 0 Å². The molecule has 94 valence electrons. The van der Waals surface area contributed by atoms with Crippen molar-refractivity contribution in [2.24, 2.45) is 0 Å². The molecular weight excluding hydrogens is 310 g/mol. The standard InChI is InChI=1S/C14H9BrNO3/c1-19-14-11(12(17)13(14)18)16-6-8-4-2-3-5-9(8)10(15)7-16/h2-7H,1H3/q+1. The summed E-state index contributed by atoms with van der Waals surface area (Å²) in [5.41, 5.74) is -0.822. The zero-order valence-corrected chi connectivity index (χ0v) is 11.6. The van der Waals surface area contributed by atoms with Gasteiger partial charge in [-0.25, -0.2) is 0 Å². The van der Waals surface area contributed by atoms with Gasteiger partial charge >= 0.3 is 11.1 Å². The second-order valence-electron chi connectivity index (χ2n) is 4.14. The molecular formula is C14H9BrNO3+. The molecule has 3 aromatic rings. The van der Waals surface area contributed by atoms with Gasteiger partial charge in [0.15, 0.2) is 12.4 Å². The van der Waals surface area contributed by atoms with Crippen molar-refractivity contribution < 1.29 is 9.30 Å². The fourth-order valence-corrected chi connectivity index (χ4v) is 2.70. The van der Waals surface area contributed by atoms with Crippen LogP contribution in [0.3, 0.4) is 0 Å². The molecule has 0 bridgehead atoms. The highest BCUT2D eigenvalue weighted by molar-refractivity contribution is 9.10. The van der Waals surface area contributed by atoms with E-state index in [9.17, 15) is 9.59 Å². The molecule has 0 unspecified atom stereocenters. The first-order valence-corrected chi connectivity index (χ1v) is 6.40. The van der Waals surface area contributed by atoms with Crippen molar-refractivity contribution in [3.63, 3.8) is 0 Å². The lowest BCUT2D eigenvalue weighted by atomic mass is 10.1. The third-order valence-electron chi connectivity index (χ3n) is 3.05. The van der Waals surface area contributed by atoms with Crippen molar-refractivity contribution >= 4 is 26.7 Å². The number of benzene rings is 1. The van der Waals surface area contributed by atoms with Gasteiger partial charge < -0.3 is 4.74 Å². The van der Waals surface area contributed by atoms with Crippen LogP contribution in [0.4, 0.5) is 0 Å². The van der Waals surface area contributed by atoms with Gasteiger partial charge in [-0.3, -0.25) is 9.59 Å². The number of nitrogens with zero attached hydrogens (tertiary/aromatic N) is 1. The molecule has 1 aromatic heterocycles. The number of aromatic nitrogens is 1. The molecule has 4 nitrogen and oxygen atoms in total. The number of hydrogen-bond acceptors (Lipinski definition) is 3. The van der Waals surface area contributed by atoms with E-state index in [-0.39, 0.29) is 11.4 Å². The van der Waals surface area contributed by atoms with Crippen LogP contribution in [0.15, 0.2) is 50.7 Å². The van der Waals surface area contributed by atoms with Crippen molar-refractivity contribution in [1.29, 1.82) is 0 Å². The minimum Gasteiger partial charge on any atom is -0.487 e. The second kappa shape index (κ2) is 4.28. The van der Waals surface area contributed by atoms with Gasteiger partial charge in [0.25, 0.3) is 5.43 Å². The van der Waals surface area contributed by atoms with Crippen LogP contribution in [-0.2, 0) is 0 Å². The van der Waals surface area contributed by atoms with Gasteiger partial charge in [-0.2, -0.15) is 4.57 Å². The molecule has 0 aliphatic heterocycles. The Morgan fingerprint density at radius 1 is 1.11 bits per heavy atom. The van der Waals surface area contributed by atoms with E-state index in [2.05, 4.69) is 15.9 Å². The first kappa shape index (κ1) is 12.0. The Morgan fingerprint density at radius 2 is 1.84 bits per heavy atom. The molecule has 2 aromatic carbocycles. The van der Waals surface area contributed by atoms with E-state index < -0.39 is 10.9 Å². The quantitative estimate of drug-likeness (QED) is 0.531. The van der Waals surface area contributed by atoms with Crippen LogP contribution in [0.25, 0.3) is 16.5 Å². The summed E-state index contributed by atoms with van der Waals surface area (Å²) in [6.07, 6.45) is 3.56. The summed E-state index contributed by atoms with van der Waals surface area (Å²) in [6.45, 7) is 0. The zero-order chi connectivity index (χ0) is 13.6.